The largest absolute Gasteiger partial charge is 0.404 e. The van der Waals surface area contributed by atoms with Gasteiger partial charge in [-0.15, -0.1) is 0 Å². The maximum Gasteiger partial charge on any atom is 0.404 e. The second-order valence-corrected chi connectivity index (χ2v) is 3.18. The summed E-state index contributed by atoms with van der Waals surface area (Å²) in [4.78, 5) is 3.87. The summed E-state index contributed by atoms with van der Waals surface area (Å²) >= 11 is 0. The molecule has 0 aliphatic rings. The minimum absolute atomic E-state index is 0.127. The lowest BCUT2D eigenvalue weighted by atomic mass is 10.1. The van der Waals surface area contributed by atoms with Gasteiger partial charge in [0, 0.05) is 18.3 Å². The highest BCUT2D eigenvalue weighted by Gasteiger charge is 2.38. The van der Waals surface area contributed by atoms with Crippen LogP contribution < -0.4 is 5.32 Å². The van der Waals surface area contributed by atoms with Crippen LogP contribution >= 0.6 is 0 Å². The normalized spacial score (nSPS) is 13.9. The van der Waals surface area contributed by atoms with Crippen molar-refractivity contribution < 1.29 is 13.2 Å². The number of nitrogens with zero attached hydrogens (tertiary/aromatic N) is 1. The van der Waals surface area contributed by atoms with E-state index in [1.807, 2.05) is 0 Å². The topological polar surface area (TPSA) is 24.9 Å². The number of alkyl halides is 3. The molecule has 0 aliphatic carbocycles. The van der Waals surface area contributed by atoms with Gasteiger partial charge in [0.2, 0.25) is 0 Å². The Balaban J connectivity index is 2.67. The third-order valence-electron chi connectivity index (χ3n) is 1.99. The summed E-state index contributed by atoms with van der Waals surface area (Å²) in [5.74, 6) is 0. The Bertz CT molecular complexity index is 284. The third kappa shape index (κ3) is 3.87. The number of aromatic nitrogens is 1. The molecule has 0 spiro atoms. The highest BCUT2D eigenvalue weighted by atomic mass is 19.4. The smallest absolute Gasteiger partial charge is 0.306 e. The standard InChI is InChI=1S/C10H13F3N2/c1-2-14-9(10(11,12)13)7-8-5-3-4-6-15-8/h3-6,9,14H,2,7H2,1H3. The zero-order valence-corrected chi connectivity index (χ0v) is 8.38. The molecule has 15 heavy (non-hydrogen) atoms. The van der Waals surface area contributed by atoms with Crippen molar-refractivity contribution >= 4 is 0 Å². The Labute approximate surface area is 86.5 Å². The van der Waals surface area contributed by atoms with Crippen LogP contribution in [-0.2, 0) is 6.42 Å². The van der Waals surface area contributed by atoms with Crippen molar-refractivity contribution in [2.75, 3.05) is 6.54 Å². The summed E-state index contributed by atoms with van der Waals surface area (Å²) in [6, 6.07) is 3.44. The third-order valence-corrected chi connectivity index (χ3v) is 1.99. The van der Waals surface area contributed by atoms with Gasteiger partial charge in [-0.2, -0.15) is 13.2 Å². The molecule has 1 heterocycles. The Morgan fingerprint density at radius 2 is 2.13 bits per heavy atom. The van der Waals surface area contributed by atoms with Crippen molar-refractivity contribution in [2.45, 2.75) is 25.6 Å². The van der Waals surface area contributed by atoms with E-state index in [1.54, 1.807) is 25.1 Å². The van der Waals surface area contributed by atoms with Gasteiger partial charge in [-0.05, 0) is 18.7 Å². The summed E-state index contributed by atoms with van der Waals surface area (Å²) < 4.78 is 37.5. The Kier molecular flexibility index (Phi) is 4.08. The van der Waals surface area contributed by atoms with Crippen LogP contribution in [0.1, 0.15) is 12.6 Å². The molecular weight excluding hydrogens is 205 g/mol. The van der Waals surface area contributed by atoms with Crippen molar-refractivity contribution in [2.24, 2.45) is 0 Å². The predicted octanol–water partition coefficient (Wildman–Crippen LogP) is 2.16. The molecule has 1 aromatic rings. The lowest BCUT2D eigenvalue weighted by Gasteiger charge is -2.20. The highest BCUT2D eigenvalue weighted by Crippen LogP contribution is 2.22. The van der Waals surface area contributed by atoms with Crippen LogP contribution in [0.25, 0.3) is 0 Å². The first-order valence-corrected chi connectivity index (χ1v) is 4.74. The molecule has 0 saturated carbocycles. The lowest BCUT2D eigenvalue weighted by molar-refractivity contribution is -0.155. The second-order valence-electron chi connectivity index (χ2n) is 3.18. The molecule has 0 saturated heterocycles. The van der Waals surface area contributed by atoms with Crippen LogP contribution in [0.4, 0.5) is 13.2 Å². The lowest BCUT2D eigenvalue weighted by Crippen LogP contribution is -2.43. The number of hydrogen-bond donors (Lipinski definition) is 1. The molecule has 2 nitrogen and oxygen atoms in total. The van der Waals surface area contributed by atoms with E-state index in [2.05, 4.69) is 10.3 Å². The van der Waals surface area contributed by atoms with Crippen molar-refractivity contribution in [3.05, 3.63) is 30.1 Å². The SMILES string of the molecule is CCNC(Cc1ccccn1)C(F)(F)F. The summed E-state index contributed by atoms with van der Waals surface area (Å²) in [6.45, 7) is 1.94. The molecule has 1 unspecified atom stereocenters. The van der Waals surface area contributed by atoms with Gasteiger partial charge in [0.25, 0.3) is 0 Å². The number of rotatable bonds is 4. The van der Waals surface area contributed by atoms with Crippen LogP contribution in [0.5, 0.6) is 0 Å². The van der Waals surface area contributed by atoms with Crippen LogP contribution in [0.2, 0.25) is 0 Å². The van der Waals surface area contributed by atoms with E-state index in [-0.39, 0.29) is 13.0 Å². The number of hydrogen-bond acceptors (Lipinski definition) is 2. The monoisotopic (exact) mass is 218 g/mol. The van der Waals surface area contributed by atoms with E-state index >= 15 is 0 Å². The zero-order chi connectivity index (χ0) is 11.3. The van der Waals surface area contributed by atoms with Gasteiger partial charge in [0.05, 0.1) is 0 Å². The van der Waals surface area contributed by atoms with E-state index in [0.717, 1.165) is 0 Å². The van der Waals surface area contributed by atoms with Gasteiger partial charge in [-0.1, -0.05) is 13.0 Å². The summed E-state index contributed by atoms with van der Waals surface area (Å²) in [7, 11) is 0. The molecule has 1 atom stereocenters. The highest BCUT2D eigenvalue weighted by molar-refractivity contribution is 5.06. The number of nitrogens with one attached hydrogen (secondary N) is 1. The Morgan fingerprint density at radius 1 is 1.40 bits per heavy atom. The number of halogens is 3. The zero-order valence-electron chi connectivity index (χ0n) is 8.38. The van der Waals surface area contributed by atoms with E-state index in [1.165, 1.54) is 6.20 Å². The quantitative estimate of drug-likeness (QED) is 0.837. The molecule has 0 amide bonds. The summed E-state index contributed by atoms with van der Waals surface area (Å²) in [6.07, 6.45) is -2.86. The fraction of sp³-hybridized carbons (Fsp3) is 0.500. The van der Waals surface area contributed by atoms with Crippen molar-refractivity contribution in [3.8, 4) is 0 Å². The van der Waals surface area contributed by atoms with Crippen LogP contribution in [0.15, 0.2) is 24.4 Å². The van der Waals surface area contributed by atoms with E-state index < -0.39 is 12.2 Å². The molecule has 0 radical (unpaired) electrons. The molecule has 0 aromatic carbocycles. The van der Waals surface area contributed by atoms with Gasteiger partial charge < -0.3 is 5.32 Å². The van der Waals surface area contributed by atoms with E-state index in [9.17, 15) is 13.2 Å². The molecule has 1 rings (SSSR count). The van der Waals surface area contributed by atoms with E-state index in [0.29, 0.717) is 5.69 Å². The maximum absolute atomic E-state index is 12.5. The molecule has 0 bridgehead atoms. The van der Waals surface area contributed by atoms with Gasteiger partial charge in [-0.25, -0.2) is 0 Å². The van der Waals surface area contributed by atoms with Crippen molar-refractivity contribution in [1.82, 2.24) is 10.3 Å². The Hall–Kier alpha value is -1.10. The molecule has 5 heteroatoms. The Morgan fingerprint density at radius 3 is 2.60 bits per heavy atom. The van der Waals surface area contributed by atoms with Gasteiger partial charge >= 0.3 is 6.18 Å². The minimum atomic E-state index is -4.23. The maximum atomic E-state index is 12.5. The second kappa shape index (κ2) is 5.11. The fourth-order valence-corrected chi connectivity index (χ4v) is 1.28. The molecule has 0 aliphatic heterocycles. The van der Waals surface area contributed by atoms with Crippen LogP contribution in [0.3, 0.4) is 0 Å². The van der Waals surface area contributed by atoms with Crippen LogP contribution in [0, 0.1) is 0 Å². The number of likely N-dealkylation sites (N-methyl/N-ethyl adjacent to an activating group) is 1. The first-order valence-electron chi connectivity index (χ1n) is 4.74. The predicted molar refractivity (Wildman–Crippen MR) is 51.5 cm³/mol. The molecule has 1 N–H and O–H groups in total. The van der Waals surface area contributed by atoms with E-state index in [4.69, 9.17) is 0 Å². The van der Waals surface area contributed by atoms with Crippen molar-refractivity contribution in [1.29, 1.82) is 0 Å². The molecule has 0 fully saturated rings. The fourth-order valence-electron chi connectivity index (χ4n) is 1.28. The summed E-state index contributed by atoms with van der Waals surface area (Å²) in [5, 5.41) is 2.41. The first kappa shape index (κ1) is 12.0. The molecule has 1 aromatic heterocycles. The summed E-state index contributed by atoms with van der Waals surface area (Å²) in [5.41, 5.74) is 0.445. The average Bonchev–Trinajstić information content (AvgIpc) is 2.17. The number of pyridine rings is 1. The van der Waals surface area contributed by atoms with Gasteiger partial charge in [-0.3, -0.25) is 4.98 Å². The molecular formula is C10H13F3N2. The minimum Gasteiger partial charge on any atom is -0.306 e. The first-order chi connectivity index (χ1) is 7.04. The van der Waals surface area contributed by atoms with Crippen molar-refractivity contribution in [3.63, 3.8) is 0 Å². The van der Waals surface area contributed by atoms with Gasteiger partial charge in [0.1, 0.15) is 6.04 Å². The van der Waals surface area contributed by atoms with Gasteiger partial charge in [0.15, 0.2) is 0 Å². The average molecular weight is 218 g/mol. The van der Waals surface area contributed by atoms with Crippen LogP contribution in [-0.4, -0.2) is 23.7 Å². The molecule has 84 valence electrons.